The number of thiophene rings is 1. The summed E-state index contributed by atoms with van der Waals surface area (Å²) in [6.45, 7) is 1.14. The van der Waals surface area contributed by atoms with Gasteiger partial charge in [0, 0.05) is 17.6 Å². The van der Waals surface area contributed by atoms with Gasteiger partial charge in [0.25, 0.3) is 5.91 Å². The van der Waals surface area contributed by atoms with Gasteiger partial charge in [-0.15, -0.1) is 11.3 Å². The molecule has 0 aromatic carbocycles. The van der Waals surface area contributed by atoms with Gasteiger partial charge in [-0.05, 0) is 40.2 Å². The normalized spacial score (nSPS) is 20.3. The number of nitrogens with two attached hydrogens (primary N) is 1. The molecule has 2 amide bonds. The Kier molecular flexibility index (Phi) is 3.83. The average molecular weight is 317 g/mol. The molecule has 1 aromatic rings. The number of likely N-dealkylation sites (tertiary alicyclic amines) is 1. The van der Waals surface area contributed by atoms with Crippen LogP contribution in [0.15, 0.2) is 15.9 Å². The molecule has 4 nitrogen and oxygen atoms in total. The van der Waals surface area contributed by atoms with Crippen LogP contribution in [-0.2, 0) is 4.79 Å². The Labute approximate surface area is 112 Å². The zero-order valence-corrected chi connectivity index (χ0v) is 11.6. The molecule has 0 saturated carbocycles. The van der Waals surface area contributed by atoms with Crippen LogP contribution in [0.2, 0.25) is 0 Å². The first-order chi connectivity index (χ1) is 8.09. The maximum absolute atomic E-state index is 12.2. The number of primary amides is 1. The monoisotopic (exact) mass is 316 g/mol. The molecule has 92 valence electrons. The van der Waals surface area contributed by atoms with Gasteiger partial charge in [0.05, 0.1) is 5.92 Å². The summed E-state index contributed by atoms with van der Waals surface area (Å²) < 4.78 is 0.814. The zero-order valence-electron chi connectivity index (χ0n) is 9.19. The molecule has 2 N–H and O–H groups in total. The third-order valence-corrected chi connectivity index (χ3v) is 4.75. The van der Waals surface area contributed by atoms with Gasteiger partial charge >= 0.3 is 0 Å². The molecular weight excluding hydrogens is 304 g/mol. The van der Waals surface area contributed by atoms with Crippen molar-refractivity contribution < 1.29 is 9.59 Å². The number of hydrogen-bond donors (Lipinski definition) is 1. The van der Waals surface area contributed by atoms with Crippen LogP contribution in [0.3, 0.4) is 0 Å². The maximum Gasteiger partial charge on any atom is 0.265 e. The highest BCUT2D eigenvalue weighted by atomic mass is 79.9. The lowest BCUT2D eigenvalue weighted by molar-refractivity contribution is -0.123. The van der Waals surface area contributed by atoms with E-state index in [1.165, 1.54) is 11.3 Å². The summed E-state index contributed by atoms with van der Waals surface area (Å²) in [6, 6.07) is 1.85. The first kappa shape index (κ1) is 12.6. The lowest BCUT2D eigenvalue weighted by atomic mass is 9.97. The second-order valence-electron chi connectivity index (χ2n) is 4.09. The van der Waals surface area contributed by atoms with E-state index in [2.05, 4.69) is 15.9 Å². The Morgan fingerprint density at radius 2 is 2.29 bits per heavy atom. The fraction of sp³-hybridized carbons (Fsp3) is 0.455. The first-order valence-corrected chi connectivity index (χ1v) is 7.08. The highest BCUT2D eigenvalue weighted by Crippen LogP contribution is 2.26. The van der Waals surface area contributed by atoms with Crippen LogP contribution in [0.1, 0.15) is 22.5 Å². The number of piperidine rings is 1. The van der Waals surface area contributed by atoms with Crippen molar-refractivity contribution >= 4 is 39.1 Å². The highest BCUT2D eigenvalue weighted by Gasteiger charge is 2.28. The maximum atomic E-state index is 12.2. The third kappa shape index (κ3) is 2.69. The summed E-state index contributed by atoms with van der Waals surface area (Å²) in [7, 11) is 0. The molecule has 6 heteroatoms. The largest absolute Gasteiger partial charge is 0.369 e. The van der Waals surface area contributed by atoms with Crippen molar-refractivity contribution in [3.63, 3.8) is 0 Å². The summed E-state index contributed by atoms with van der Waals surface area (Å²) in [6.07, 6.45) is 1.62. The number of halogens is 1. The number of carbonyl (C=O) groups is 2. The van der Waals surface area contributed by atoms with Gasteiger partial charge in [0.1, 0.15) is 4.88 Å². The van der Waals surface area contributed by atoms with Crippen molar-refractivity contribution in [2.75, 3.05) is 13.1 Å². The molecule has 0 aliphatic carbocycles. The van der Waals surface area contributed by atoms with Gasteiger partial charge in [-0.25, -0.2) is 0 Å². The second-order valence-corrected chi connectivity index (χ2v) is 5.86. The Morgan fingerprint density at radius 3 is 2.88 bits per heavy atom. The van der Waals surface area contributed by atoms with E-state index in [0.29, 0.717) is 18.0 Å². The predicted molar refractivity (Wildman–Crippen MR) is 69.8 cm³/mol. The van der Waals surface area contributed by atoms with Crippen LogP contribution in [-0.4, -0.2) is 29.8 Å². The molecule has 2 heterocycles. The van der Waals surface area contributed by atoms with Gasteiger partial charge in [-0.3, -0.25) is 9.59 Å². The average Bonchev–Trinajstić information content (AvgIpc) is 2.74. The minimum absolute atomic E-state index is 0.0159. The Bertz CT molecular complexity index is 446. The van der Waals surface area contributed by atoms with E-state index < -0.39 is 0 Å². The minimum atomic E-state index is -0.312. The minimum Gasteiger partial charge on any atom is -0.369 e. The van der Waals surface area contributed by atoms with Crippen molar-refractivity contribution in [2.45, 2.75) is 12.8 Å². The van der Waals surface area contributed by atoms with Crippen molar-refractivity contribution in [2.24, 2.45) is 11.7 Å². The van der Waals surface area contributed by atoms with Gasteiger partial charge in [0.2, 0.25) is 5.91 Å². The Balaban J connectivity index is 2.10. The quantitative estimate of drug-likeness (QED) is 0.905. The molecule has 17 heavy (non-hydrogen) atoms. The van der Waals surface area contributed by atoms with E-state index in [0.717, 1.165) is 17.3 Å². The first-order valence-electron chi connectivity index (χ1n) is 5.41. The molecule has 1 saturated heterocycles. The van der Waals surface area contributed by atoms with Crippen molar-refractivity contribution in [3.05, 3.63) is 20.8 Å². The van der Waals surface area contributed by atoms with Crippen molar-refractivity contribution in [1.29, 1.82) is 0 Å². The molecule has 0 spiro atoms. The Morgan fingerprint density at radius 1 is 1.53 bits per heavy atom. The smallest absolute Gasteiger partial charge is 0.265 e. The van der Waals surface area contributed by atoms with Crippen molar-refractivity contribution in [1.82, 2.24) is 4.90 Å². The van der Waals surface area contributed by atoms with E-state index in [9.17, 15) is 9.59 Å². The van der Waals surface area contributed by atoms with Crippen LogP contribution in [0, 0.1) is 5.92 Å². The molecule has 1 aromatic heterocycles. The molecule has 1 fully saturated rings. The summed E-state index contributed by atoms with van der Waals surface area (Å²) >= 11 is 4.76. The van der Waals surface area contributed by atoms with Crippen LogP contribution >= 0.6 is 27.3 Å². The number of carbonyl (C=O) groups excluding carboxylic acids is 2. The Hall–Kier alpha value is -0.880. The van der Waals surface area contributed by atoms with E-state index >= 15 is 0 Å². The summed E-state index contributed by atoms with van der Waals surface area (Å²) in [5.41, 5.74) is 5.29. The zero-order chi connectivity index (χ0) is 12.4. The van der Waals surface area contributed by atoms with Crippen molar-refractivity contribution in [3.8, 4) is 0 Å². The van der Waals surface area contributed by atoms with Crippen LogP contribution in [0.5, 0.6) is 0 Å². The summed E-state index contributed by atoms with van der Waals surface area (Å²) in [4.78, 5) is 25.8. The van der Waals surface area contributed by atoms with Gasteiger partial charge in [-0.2, -0.15) is 0 Å². The number of amides is 2. The van der Waals surface area contributed by atoms with Crippen LogP contribution in [0.25, 0.3) is 0 Å². The molecule has 1 aliphatic rings. The summed E-state index contributed by atoms with van der Waals surface area (Å²) in [5.74, 6) is -0.531. The standard InChI is InChI=1S/C11H13BrN2O2S/c12-8-3-5-17-9(8)11(16)14-4-1-2-7(6-14)10(13)15/h3,5,7H,1-2,4,6H2,(H2,13,15)/t7-/m1/s1. The second kappa shape index (κ2) is 5.18. The predicted octanol–water partition coefficient (Wildman–Crippen LogP) is 1.85. The topological polar surface area (TPSA) is 63.4 Å². The molecule has 1 aliphatic heterocycles. The number of hydrogen-bond acceptors (Lipinski definition) is 3. The molecule has 0 bridgehead atoms. The van der Waals surface area contributed by atoms with Gasteiger partial charge in [0.15, 0.2) is 0 Å². The van der Waals surface area contributed by atoms with Gasteiger partial charge < -0.3 is 10.6 Å². The van der Waals surface area contributed by atoms with E-state index in [-0.39, 0.29) is 17.7 Å². The van der Waals surface area contributed by atoms with Gasteiger partial charge in [-0.1, -0.05) is 0 Å². The van der Waals surface area contributed by atoms with Crippen LogP contribution < -0.4 is 5.73 Å². The van der Waals surface area contributed by atoms with Crippen LogP contribution in [0.4, 0.5) is 0 Å². The molecule has 0 unspecified atom stereocenters. The third-order valence-electron chi connectivity index (χ3n) is 2.92. The number of nitrogens with zero attached hydrogens (tertiary/aromatic N) is 1. The molecule has 0 radical (unpaired) electrons. The molecule has 1 atom stereocenters. The fourth-order valence-electron chi connectivity index (χ4n) is 1.98. The fourth-order valence-corrected chi connectivity index (χ4v) is 3.49. The number of rotatable bonds is 2. The SMILES string of the molecule is NC(=O)[C@@H]1CCCN(C(=O)c2sccc2Br)C1. The summed E-state index contributed by atoms with van der Waals surface area (Å²) in [5, 5.41) is 1.87. The lowest BCUT2D eigenvalue weighted by Gasteiger charge is -2.31. The molecular formula is C11H13BrN2O2S. The molecule has 2 rings (SSSR count). The van der Waals surface area contributed by atoms with E-state index in [1.54, 1.807) is 4.90 Å². The van der Waals surface area contributed by atoms with E-state index in [1.807, 2.05) is 11.4 Å². The lowest BCUT2D eigenvalue weighted by Crippen LogP contribution is -2.43. The van der Waals surface area contributed by atoms with E-state index in [4.69, 9.17) is 5.73 Å². The highest BCUT2D eigenvalue weighted by molar-refractivity contribution is 9.10.